The van der Waals surface area contributed by atoms with E-state index in [1.807, 2.05) is 36.4 Å². The number of pyridine rings is 1. The van der Waals surface area contributed by atoms with Gasteiger partial charge in [0.1, 0.15) is 5.82 Å². The summed E-state index contributed by atoms with van der Waals surface area (Å²) in [7, 11) is 0. The maximum absolute atomic E-state index is 13.2. The lowest BCUT2D eigenvalue weighted by Crippen LogP contribution is -2.26. The number of nitrogens with one attached hydrogen (secondary N) is 2. The molecule has 2 fully saturated rings. The van der Waals surface area contributed by atoms with Gasteiger partial charge in [0.05, 0.1) is 5.69 Å². The Labute approximate surface area is 210 Å². The van der Waals surface area contributed by atoms with E-state index in [1.165, 1.54) is 12.8 Å². The lowest BCUT2D eigenvalue weighted by molar-refractivity contribution is 0.102. The van der Waals surface area contributed by atoms with Crippen LogP contribution in [0.25, 0.3) is 22.1 Å². The average Bonchev–Trinajstić information content (AvgIpc) is 3.60. The average molecular weight is 482 g/mol. The Morgan fingerprint density at radius 1 is 1.06 bits per heavy atom. The van der Waals surface area contributed by atoms with E-state index in [1.54, 1.807) is 6.20 Å². The minimum Gasteiger partial charge on any atom is -0.357 e. The first-order chi connectivity index (χ1) is 17.7. The van der Waals surface area contributed by atoms with Crippen LogP contribution in [0.1, 0.15) is 53.2 Å². The molecule has 0 spiro atoms. The fourth-order valence-electron chi connectivity index (χ4n) is 5.41. The summed E-state index contributed by atoms with van der Waals surface area (Å²) in [6, 6.07) is 15.9. The van der Waals surface area contributed by atoms with Crippen LogP contribution in [0.15, 0.2) is 59.3 Å². The molecule has 0 bridgehead atoms. The molecule has 2 N–H and O–H groups in total. The van der Waals surface area contributed by atoms with Gasteiger partial charge >= 0.3 is 0 Å². The number of anilines is 2. The first-order valence-corrected chi connectivity index (χ1v) is 12.9. The van der Waals surface area contributed by atoms with Gasteiger partial charge in [0.2, 0.25) is 0 Å². The molecular weight excluding hydrogens is 450 g/mol. The number of hydrogen-bond donors (Lipinski definition) is 2. The van der Waals surface area contributed by atoms with Crippen molar-refractivity contribution in [2.45, 2.75) is 38.5 Å². The van der Waals surface area contributed by atoms with Crippen LogP contribution in [0, 0.1) is 6.92 Å². The van der Waals surface area contributed by atoms with Gasteiger partial charge in [0, 0.05) is 47.9 Å². The quantitative estimate of drug-likeness (QED) is 0.391. The Kier molecular flexibility index (Phi) is 6.15. The van der Waals surface area contributed by atoms with Gasteiger partial charge in [0.25, 0.3) is 5.91 Å². The number of benzene rings is 2. The van der Waals surface area contributed by atoms with Gasteiger partial charge in [-0.25, -0.2) is 4.98 Å². The standard InChI is InChI=1S/C29H31N5O2/c1-19-4-5-22(29(35)32-23-10-13-31-27(18-23)34-14-2-3-15-34)16-25(19)21-6-7-24-26(17-21)36-33-28(24)20-8-11-30-12-9-20/h4-7,10,13,16-18,20,30H,2-3,8-9,11-12,14-15H2,1H3,(H,31,32,35). The Bertz CT molecular complexity index is 1400. The molecule has 4 heterocycles. The van der Waals surface area contributed by atoms with Crippen molar-refractivity contribution in [1.29, 1.82) is 0 Å². The minimum absolute atomic E-state index is 0.135. The third-order valence-electron chi connectivity index (χ3n) is 7.47. The maximum Gasteiger partial charge on any atom is 0.255 e. The number of fused-ring (bicyclic) bond motifs is 1. The van der Waals surface area contributed by atoms with E-state index in [0.717, 1.165) is 83.9 Å². The summed E-state index contributed by atoms with van der Waals surface area (Å²) in [5.74, 6) is 1.22. The fraction of sp³-hybridized carbons (Fsp3) is 0.345. The van der Waals surface area contributed by atoms with E-state index in [4.69, 9.17) is 4.52 Å². The molecule has 2 aliphatic heterocycles. The van der Waals surface area contributed by atoms with Crippen molar-refractivity contribution in [2.75, 3.05) is 36.4 Å². The molecule has 4 aromatic rings. The summed E-state index contributed by atoms with van der Waals surface area (Å²) < 4.78 is 5.75. The summed E-state index contributed by atoms with van der Waals surface area (Å²) in [5.41, 5.74) is 6.36. The van der Waals surface area contributed by atoms with Gasteiger partial charge in [0.15, 0.2) is 5.58 Å². The zero-order valence-electron chi connectivity index (χ0n) is 20.6. The maximum atomic E-state index is 13.2. The third kappa shape index (κ3) is 4.46. The molecule has 7 heteroatoms. The van der Waals surface area contributed by atoms with Gasteiger partial charge in [-0.2, -0.15) is 0 Å². The molecule has 36 heavy (non-hydrogen) atoms. The van der Waals surface area contributed by atoms with Crippen LogP contribution >= 0.6 is 0 Å². The largest absolute Gasteiger partial charge is 0.357 e. The molecule has 0 unspecified atom stereocenters. The Balaban J connectivity index is 1.25. The van der Waals surface area contributed by atoms with Crippen molar-refractivity contribution in [3.8, 4) is 11.1 Å². The van der Waals surface area contributed by atoms with Crippen LogP contribution < -0.4 is 15.5 Å². The van der Waals surface area contributed by atoms with E-state index < -0.39 is 0 Å². The summed E-state index contributed by atoms with van der Waals surface area (Å²) in [4.78, 5) is 19.9. The van der Waals surface area contributed by atoms with Gasteiger partial charge in [-0.15, -0.1) is 0 Å². The topological polar surface area (TPSA) is 83.3 Å². The van der Waals surface area contributed by atoms with E-state index in [9.17, 15) is 4.79 Å². The summed E-state index contributed by atoms with van der Waals surface area (Å²) in [5, 5.41) is 12.0. The van der Waals surface area contributed by atoms with Gasteiger partial charge < -0.3 is 20.1 Å². The van der Waals surface area contributed by atoms with Crippen molar-refractivity contribution in [3.05, 3.63) is 71.5 Å². The second kappa shape index (κ2) is 9.74. The van der Waals surface area contributed by atoms with Crippen molar-refractivity contribution < 1.29 is 9.32 Å². The van der Waals surface area contributed by atoms with Crippen molar-refractivity contribution >= 4 is 28.4 Å². The molecule has 0 saturated carbocycles. The molecule has 1 amide bonds. The van der Waals surface area contributed by atoms with E-state index in [2.05, 4.69) is 44.7 Å². The molecule has 6 rings (SSSR count). The van der Waals surface area contributed by atoms with Crippen LogP contribution in [-0.2, 0) is 0 Å². The number of amides is 1. The lowest BCUT2D eigenvalue weighted by Gasteiger charge is -2.20. The van der Waals surface area contributed by atoms with Crippen LogP contribution in [0.5, 0.6) is 0 Å². The van der Waals surface area contributed by atoms with Crippen LogP contribution in [-0.4, -0.2) is 42.2 Å². The molecule has 0 atom stereocenters. The Morgan fingerprint density at radius 2 is 1.89 bits per heavy atom. The highest BCUT2D eigenvalue weighted by Gasteiger charge is 2.22. The fourth-order valence-corrected chi connectivity index (χ4v) is 5.41. The van der Waals surface area contributed by atoms with Crippen molar-refractivity contribution in [2.24, 2.45) is 0 Å². The number of hydrogen-bond acceptors (Lipinski definition) is 6. The highest BCUT2D eigenvalue weighted by molar-refractivity contribution is 6.05. The number of rotatable bonds is 5. The monoisotopic (exact) mass is 481 g/mol. The molecule has 2 saturated heterocycles. The number of aryl methyl sites for hydroxylation is 1. The number of carbonyl (C=O) groups excluding carboxylic acids is 1. The first kappa shape index (κ1) is 22.7. The number of carbonyl (C=O) groups is 1. The molecule has 2 aromatic heterocycles. The van der Waals surface area contributed by atoms with E-state index in [0.29, 0.717) is 11.5 Å². The molecule has 0 aliphatic carbocycles. The molecule has 2 aromatic carbocycles. The summed E-state index contributed by atoms with van der Waals surface area (Å²) in [6.45, 7) is 6.13. The molecule has 0 radical (unpaired) electrons. The smallest absolute Gasteiger partial charge is 0.255 e. The summed E-state index contributed by atoms with van der Waals surface area (Å²) >= 11 is 0. The van der Waals surface area contributed by atoms with Crippen LogP contribution in [0.2, 0.25) is 0 Å². The van der Waals surface area contributed by atoms with Gasteiger partial charge in [-0.1, -0.05) is 17.3 Å². The van der Waals surface area contributed by atoms with E-state index in [-0.39, 0.29) is 5.91 Å². The Morgan fingerprint density at radius 3 is 2.72 bits per heavy atom. The molecular formula is C29H31N5O2. The zero-order valence-corrected chi connectivity index (χ0v) is 20.6. The molecule has 2 aliphatic rings. The number of nitrogens with zero attached hydrogens (tertiary/aromatic N) is 3. The first-order valence-electron chi connectivity index (χ1n) is 12.9. The SMILES string of the molecule is Cc1ccc(C(=O)Nc2ccnc(N3CCCC3)c2)cc1-c1ccc2c(C3CCNCC3)noc2c1. The number of piperidine rings is 1. The normalized spacial score (nSPS) is 16.5. The summed E-state index contributed by atoms with van der Waals surface area (Å²) in [6.07, 6.45) is 6.29. The van der Waals surface area contributed by atoms with Gasteiger partial charge in [-0.05, 0) is 92.7 Å². The zero-order chi connectivity index (χ0) is 24.5. The molecule has 184 valence electrons. The molecule has 7 nitrogen and oxygen atoms in total. The van der Waals surface area contributed by atoms with Crippen LogP contribution in [0.3, 0.4) is 0 Å². The predicted molar refractivity (Wildman–Crippen MR) is 143 cm³/mol. The predicted octanol–water partition coefficient (Wildman–Crippen LogP) is 5.52. The highest BCUT2D eigenvalue weighted by Crippen LogP contribution is 2.34. The van der Waals surface area contributed by atoms with E-state index >= 15 is 0 Å². The van der Waals surface area contributed by atoms with Crippen molar-refractivity contribution in [3.63, 3.8) is 0 Å². The third-order valence-corrected chi connectivity index (χ3v) is 7.47. The Hall–Kier alpha value is -3.71. The van der Waals surface area contributed by atoms with Gasteiger partial charge in [-0.3, -0.25) is 4.79 Å². The second-order valence-electron chi connectivity index (χ2n) is 9.88. The lowest BCUT2D eigenvalue weighted by atomic mass is 9.91. The number of aromatic nitrogens is 2. The minimum atomic E-state index is -0.135. The van der Waals surface area contributed by atoms with Crippen molar-refractivity contribution in [1.82, 2.24) is 15.5 Å². The van der Waals surface area contributed by atoms with Crippen LogP contribution in [0.4, 0.5) is 11.5 Å². The highest BCUT2D eigenvalue weighted by atomic mass is 16.5. The second-order valence-corrected chi connectivity index (χ2v) is 9.88.